The molecule has 0 saturated carbocycles. The smallest absolute Gasteiger partial charge is 0.239 e. The molecular formula is C12H26N4O4. The zero-order valence-electron chi connectivity index (χ0n) is 12.3. The van der Waals surface area contributed by atoms with E-state index in [4.69, 9.17) is 9.47 Å². The van der Waals surface area contributed by atoms with Gasteiger partial charge < -0.3 is 20.1 Å². The molecule has 0 aromatic carbocycles. The van der Waals surface area contributed by atoms with E-state index in [-0.39, 0.29) is 18.4 Å². The summed E-state index contributed by atoms with van der Waals surface area (Å²) in [4.78, 5) is 22.2. The minimum Gasteiger partial charge on any atom is -0.367 e. The van der Waals surface area contributed by atoms with E-state index in [0.717, 1.165) is 0 Å². The van der Waals surface area contributed by atoms with Crippen LogP contribution < -0.4 is 21.3 Å². The first-order chi connectivity index (χ1) is 9.70. The van der Waals surface area contributed by atoms with Gasteiger partial charge in [-0.3, -0.25) is 20.2 Å². The van der Waals surface area contributed by atoms with E-state index >= 15 is 0 Å². The average molecular weight is 290 g/mol. The van der Waals surface area contributed by atoms with Crippen molar-refractivity contribution in [2.24, 2.45) is 0 Å². The summed E-state index contributed by atoms with van der Waals surface area (Å²) in [6.45, 7) is 6.69. The maximum atomic E-state index is 11.3. The fourth-order valence-electron chi connectivity index (χ4n) is 1.14. The van der Waals surface area contributed by atoms with Crippen molar-refractivity contribution in [3.8, 4) is 0 Å². The first-order valence-corrected chi connectivity index (χ1v) is 6.81. The summed E-state index contributed by atoms with van der Waals surface area (Å²) in [6.07, 6.45) is 0.378. The topological polar surface area (TPSA) is 101 Å². The van der Waals surface area contributed by atoms with E-state index in [0.29, 0.717) is 46.3 Å². The van der Waals surface area contributed by atoms with Gasteiger partial charge in [0.05, 0.1) is 26.7 Å². The van der Waals surface area contributed by atoms with Crippen LogP contribution in [-0.2, 0) is 19.1 Å². The van der Waals surface area contributed by atoms with Crippen LogP contribution in [-0.4, -0.2) is 58.2 Å². The Morgan fingerprint density at radius 1 is 0.850 bits per heavy atom. The fourth-order valence-corrected chi connectivity index (χ4v) is 1.14. The second-order valence-corrected chi connectivity index (χ2v) is 3.86. The van der Waals surface area contributed by atoms with Gasteiger partial charge in [0.15, 0.2) is 0 Å². The third kappa shape index (κ3) is 13.2. The highest BCUT2D eigenvalue weighted by atomic mass is 16.5. The molecule has 0 aliphatic rings. The van der Waals surface area contributed by atoms with Gasteiger partial charge in [0.2, 0.25) is 11.8 Å². The Labute approximate surface area is 120 Å². The van der Waals surface area contributed by atoms with E-state index < -0.39 is 0 Å². The van der Waals surface area contributed by atoms with Crippen LogP contribution in [0.5, 0.6) is 0 Å². The molecule has 0 rings (SSSR count). The maximum Gasteiger partial charge on any atom is 0.239 e. The van der Waals surface area contributed by atoms with E-state index in [1.165, 1.54) is 0 Å². The lowest BCUT2D eigenvalue weighted by atomic mass is 10.4. The Morgan fingerprint density at radius 3 is 2.25 bits per heavy atom. The van der Waals surface area contributed by atoms with Crippen LogP contribution in [0.15, 0.2) is 0 Å². The summed E-state index contributed by atoms with van der Waals surface area (Å²) in [6, 6.07) is 0. The van der Waals surface area contributed by atoms with Gasteiger partial charge in [0, 0.05) is 26.1 Å². The quantitative estimate of drug-likeness (QED) is 0.249. The number of carbonyl (C=O) groups is 2. The Hall–Kier alpha value is -1.22. The van der Waals surface area contributed by atoms with Crippen LogP contribution >= 0.6 is 0 Å². The fraction of sp³-hybridized carbons (Fsp3) is 0.833. The van der Waals surface area contributed by atoms with Crippen LogP contribution in [0.4, 0.5) is 0 Å². The summed E-state index contributed by atoms with van der Waals surface area (Å²) in [5, 5.41) is 11.1. The molecule has 118 valence electrons. The zero-order valence-corrected chi connectivity index (χ0v) is 12.3. The largest absolute Gasteiger partial charge is 0.367 e. The molecule has 0 fully saturated rings. The molecule has 20 heavy (non-hydrogen) atoms. The van der Waals surface area contributed by atoms with E-state index in [2.05, 4.69) is 21.3 Å². The van der Waals surface area contributed by atoms with Gasteiger partial charge in [-0.1, -0.05) is 6.92 Å². The zero-order chi connectivity index (χ0) is 15.1. The molecular weight excluding hydrogens is 264 g/mol. The average Bonchev–Trinajstić information content (AvgIpc) is 2.46. The number of rotatable bonds is 13. The molecule has 0 aliphatic heterocycles. The highest BCUT2D eigenvalue weighted by Crippen LogP contribution is 1.74. The summed E-state index contributed by atoms with van der Waals surface area (Å²) in [7, 11) is 0. The van der Waals surface area contributed by atoms with Crippen molar-refractivity contribution in [1.29, 1.82) is 0 Å². The Kier molecular flexibility index (Phi) is 13.3. The van der Waals surface area contributed by atoms with Crippen molar-refractivity contribution in [1.82, 2.24) is 21.3 Å². The standard InChI is InChI=1S/C12H26N4O4/c1-3-11(17)16-7-12(18)15-6-5-13-8-20-10-14-9-19-4-2/h13-14H,3-10H2,1-2H3,(H,15,18)(H,16,17). The van der Waals surface area contributed by atoms with Crippen LogP contribution in [0.2, 0.25) is 0 Å². The molecule has 8 heteroatoms. The van der Waals surface area contributed by atoms with Crippen molar-refractivity contribution in [3.05, 3.63) is 0 Å². The SMILES string of the molecule is CCOCNCOCNCCNC(=O)CNC(=O)CC. The van der Waals surface area contributed by atoms with Crippen molar-refractivity contribution < 1.29 is 19.1 Å². The molecule has 0 atom stereocenters. The number of carbonyl (C=O) groups excluding carboxylic acids is 2. The van der Waals surface area contributed by atoms with Gasteiger partial charge in [0.25, 0.3) is 0 Å². The van der Waals surface area contributed by atoms with Gasteiger partial charge in [0.1, 0.15) is 0 Å². The maximum absolute atomic E-state index is 11.3. The number of ether oxygens (including phenoxy) is 2. The summed E-state index contributed by atoms with van der Waals surface area (Å²) in [5.41, 5.74) is 0. The molecule has 0 heterocycles. The van der Waals surface area contributed by atoms with Crippen LogP contribution in [0, 0.1) is 0 Å². The molecule has 0 aliphatic carbocycles. The number of hydrogen-bond donors (Lipinski definition) is 4. The first kappa shape index (κ1) is 18.8. The predicted octanol–water partition coefficient (Wildman–Crippen LogP) is -1.27. The number of hydrogen-bond acceptors (Lipinski definition) is 6. The summed E-state index contributed by atoms with van der Waals surface area (Å²) in [5.74, 6) is -0.334. The van der Waals surface area contributed by atoms with Crippen LogP contribution in [0.25, 0.3) is 0 Å². The molecule has 0 bridgehead atoms. The third-order valence-electron chi connectivity index (χ3n) is 2.21. The van der Waals surface area contributed by atoms with Gasteiger partial charge in [-0.05, 0) is 6.92 Å². The van der Waals surface area contributed by atoms with Crippen LogP contribution in [0.1, 0.15) is 20.3 Å². The van der Waals surface area contributed by atoms with Gasteiger partial charge >= 0.3 is 0 Å². The monoisotopic (exact) mass is 290 g/mol. The van der Waals surface area contributed by atoms with Crippen molar-refractivity contribution in [2.45, 2.75) is 20.3 Å². The molecule has 2 amide bonds. The normalized spacial score (nSPS) is 10.3. The molecule has 0 aromatic heterocycles. The molecule has 0 aromatic rings. The van der Waals surface area contributed by atoms with Crippen molar-refractivity contribution in [3.63, 3.8) is 0 Å². The van der Waals surface area contributed by atoms with E-state index in [1.54, 1.807) is 6.92 Å². The highest BCUT2D eigenvalue weighted by Gasteiger charge is 2.02. The summed E-state index contributed by atoms with van der Waals surface area (Å²) < 4.78 is 10.3. The predicted molar refractivity (Wildman–Crippen MR) is 74.8 cm³/mol. The summed E-state index contributed by atoms with van der Waals surface area (Å²) >= 11 is 0. The van der Waals surface area contributed by atoms with Gasteiger partial charge in [-0.15, -0.1) is 0 Å². The molecule has 0 radical (unpaired) electrons. The lowest BCUT2D eigenvalue weighted by Crippen LogP contribution is -2.39. The Morgan fingerprint density at radius 2 is 1.55 bits per heavy atom. The van der Waals surface area contributed by atoms with Gasteiger partial charge in [-0.25, -0.2) is 0 Å². The Bertz CT molecular complexity index is 264. The van der Waals surface area contributed by atoms with E-state index in [1.807, 2.05) is 6.92 Å². The minimum absolute atomic E-state index is 0.0184. The second kappa shape index (κ2) is 14.2. The number of amides is 2. The van der Waals surface area contributed by atoms with Gasteiger partial charge in [-0.2, -0.15) is 0 Å². The lowest BCUT2D eigenvalue weighted by Gasteiger charge is -2.09. The molecule has 0 saturated heterocycles. The first-order valence-electron chi connectivity index (χ1n) is 6.81. The minimum atomic E-state index is -0.201. The lowest BCUT2D eigenvalue weighted by molar-refractivity contribution is -0.125. The molecule has 0 unspecified atom stereocenters. The van der Waals surface area contributed by atoms with Crippen molar-refractivity contribution in [2.75, 3.05) is 46.4 Å². The van der Waals surface area contributed by atoms with Crippen molar-refractivity contribution >= 4 is 11.8 Å². The van der Waals surface area contributed by atoms with E-state index in [9.17, 15) is 9.59 Å². The molecule has 4 N–H and O–H groups in total. The molecule has 0 spiro atoms. The highest BCUT2D eigenvalue weighted by molar-refractivity contribution is 5.84. The molecule has 8 nitrogen and oxygen atoms in total. The Balaban J connectivity index is 3.19. The van der Waals surface area contributed by atoms with Crippen LogP contribution in [0.3, 0.4) is 0 Å². The second-order valence-electron chi connectivity index (χ2n) is 3.86. The number of nitrogens with one attached hydrogen (secondary N) is 4. The third-order valence-corrected chi connectivity index (χ3v) is 2.21.